The molecule has 0 amide bonds. The number of hydrogen-bond donors (Lipinski definition) is 1. The highest BCUT2D eigenvalue weighted by Gasteiger charge is 2.50. The smallest absolute Gasteiger partial charge is 0.382 e. The Balaban J connectivity index is 2.26. The first kappa shape index (κ1) is 17.4. The van der Waals surface area contributed by atoms with E-state index in [-0.39, 0.29) is 11.4 Å². The summed E-state index contributed by atoms with van der Waals surface area (Å²) in [5, 5.41) is 9.77. The fourth-order valence-electron chi connectivity index (χ4n) is 2.95. The molecule has 1 aromatic carbocycles. The molecule has 1 aliphatic carbocycles. The summed E-state index contributed by atoms with van der Waals surface area (Å²) >= 11 is 0. The van der Waals surface area contributed by atoms with Gasteiger partial charge in [-0.2, -0.15) is 13.2 Å². The van der Waals surface area contributed by atoms with Gasteiger partial charge < -0.3 is 9.67 Å². The van der Waals surface area contributed by atoms with Crippen LogP contribution in [0.2, 0.25) is 0 Å². The summed E-state index contributed by atoms with van der Waals surface area (Å²) in [6.07, 6.45) is -8.17. The van der Waals surface area contributed by atoms with Gasteiger partial charge in [0, 0.05) is 29.6 Å². The van der Waals surface area contributed by atoms with Crippen LogP contribution in [0.4, 0.5) is 32.0 Å². The van der Waals surface area contributed by atoms with Gasteiger partial charge in [-0.3, -0.25) is 0 Å². The molecule has 3 nitrogen and oxygen atoms in total. The summed E-state index contributed by atoms with van der Waals surface area (Å²) in [4.78, 5) is 2.93. The van der Waals surface area contributed by atoms with E-state index < -0.39 is 53.7 Å². The Morgan fingerprint density at radius 2 is 1.96 bits per heavy atom. The summed E-state index contributed by atoms with van der Waals surface area (Å²) in [5.74, 6) is -4.52. The molecule has 0 fully saturated rings. The Labute approximate surface area is 137 Å². The highest BCUT2D eigenvalue weighted by Crippen LogP contribution is 2.48. The predicted octanol–water partition coefficient (Wildman–Crippen LogP) is 4.80. The van der Waals surface area contributed by atoms with E-state index in [2.05, 4.69) is 4.85 Å². The van der Waals surface area contributed by atoms with Gasteiger partial charge in [0.15, 0.2) is 0 Å². The van der Waals surface area contributed by atoms with Gasteiger partial charge in [-0.15, -0.1) is 0 Å². The molecule has 1 N–H and O–H groups in total. The van der Waals surface area contributed by atoms with Crippen molar-refractivity contribution in [2.45, 2.75) is 31.0 Å². The molecular weight excluding hydrogens is 350 g/mol. The standard InChI is InChI=1S/C16H10F6N2O/c1-23-11-6-8(2-3-10(11)17)24-7-9(16(20,21)22)13-12(24)4-5-15(18,19)14(13)25/h2-3,6-7,14,25H,4-5H2. The maximum Gasteiger partial charge on any atom is 0.418 e. The zero-order valence-electron chi connectivity index (χ0n) is 12.4. The first-order valence-corrected chi connectivity index (χ1v) is 7.11. The van der Waals surface area contributed by atoms with E-state index in [0.717, 1.165) is 22.8 Å². The highest BCUT2D eigenvalue weighted by atomic mass is 19.4. The average molecular weight is 360 g/mol. The third-order valence-corrected chi connectivity index (χ3v) is 4.15. The molecule has 0 aliphatic heterocycles. The van der Waals surface area contributed by atoms with E-state index in [1.165, 1.54) is 0 Å². The third kappa shape index (κ3) is 2.76. The lowest BCUT2D eigenvalue weighted by molar-refractivity contribution is -0.147. The maximum atomic E-state index is 13.7. The molecule has 3 rings (SSSR count). The minimum Gasteiger partial charge on any atom is -0.382 e. The fraction of sp³-hybridized carbons (Fsp3) is 0.312. The van der Waals surface area contributed by atoms with E-state index in [1.807, 2.05) is 0 Å². The molecule has 1 aromatic heterocycles. The maximum absolute atomic E-state index is 13.7. The number of aliphatic hydroxyl groups is 1. The fourth-order valence-corrected chi connectivity index (χ4v) is 2.95. The van der Waals surface area contributed by atoms with Crippen LogP contribution in [0.25, 0.3) is 10.5 Å². The summed E-state index contributed by atoms with van der Waals surface area (Å²) in [6.45, 7) is 6.88. The Morgan fingerprint density at radius 3 is 2.56 bits per heavy atom. The zero-order valence-corrected chi connectivity index (χ0v) is 12.4. The van der Waals surface area contributed by atoms with Crippen LogP contribution in [0.15, 0.2) is 24.4 Å². The van der Waals surface area contributed by atoms with Crippen molar-refractivity contribution in [2.24, 2.45) is 0 Å². The Kier molecular flexibility index (Phi) is 3.84. The van der Waals surface area contributed by atoms with Crippen molar-refractivity contribution < 1.29 is 31.4 Å². The van der Waals surface area contributed by atoms with Crippen LogP contribution in [0.5, 0.6) is 0 Å². The van der Waals surface area contributed by atoms with E-state index in [4.69, 9.17) is 6.57 Å². The molecule has 0 radical (unpaired) electrons. The van der Waals surface area contributed by atoms with Crippen LogP contribution >= 0.6 is 0 Å². The number of fused-ring (bicyclic) bond motifs is 1. The van der Waals surface area contributed by atoms with Gasteiger partial charge >= 0.3 is 6.18 Å². The highest BCUT2D eigenvalue weighted by molar-refractivity contribution is 5.55. The lowest BCUT2D eigenvalue weighted by Gasteiger charge is -2.29. The number of benzene rings is 1. The molecule has 1 unspecified atom stereocenters. The molecule has 1 heterocycles. The van der Waals surface area contributed by atoms with Crippen molar-refractivity contribution in [1.82, 2.24) is 4.57 Å². The van der Waals surface area contributed by atoms with E-state index >= 15 is 0 Å². The number of alkyl halides is 5. The second-order valence-electron chi connectivity index (χ2n) is 5.68. The van der Waals surface area contributed by atoms with Gasteiger partial charge in [-0.05, 0) is 24.6 Å². The number of nitrogens with zero attached hydrogens (tertiary/aromatic N) is 2. The van der Waals surface area contributed by atoms with Crippen LogP contribution in [0, 0.1) is 12.4 Å². The van der Waals surface area contributed by atoms with Gasteiger partial charge in [0.2, 0.25) is 5.69 Å². The van der Waals surface area contributed by atoms with Gasteiger partial charge in [0.25, 0.3) is 5.92 Å². The molecule has 0 bridgehead atoms. The van der Waals surface area contributed by atoms with Gasteiger partial charge in [-0.25, -0.2) is 18.0 Å². The van der Waals surface area contributed by atoms with Crippen LogP contribution in [-0.4, -0.2) is 15.6 Å². The van der Waals surface area contributed by atoms with Crippen molar-refractivity contribution in [1.29, 1.82) is 0 Å². The van der Waals surface area contributed by atoms with E-state index in [1.54, 1.807) is 0 Å². The molecule has 132 valence electrons. The second kappa shape index (κ2) is 5.52. The Bertz CT molecular complexity index is 878. The Morgan fingerprint density at radius 1 is 1.28 bits per heavy atom. The van der Waals surface area contributed by atoms with Crippen molar-refractivity contribution in [3.8, 4) is 5.69 Å². The molecule has 1 atom stereocenters. The van der Waals surface area contributed by atoms with Crippen LogP contribution in [0.3, 0.4) is 0 Å². The molecule has 9 heteroatoms. The van der Waals surface area contributed by atoms with Gasteiger partial charge in [0.1, 0.15) is 11.9 Å². The molecule has 0 spiro atoms. The number of aliphatic hydroxyl groups excluding tert-OH is 1. The largest absolute Gasteiger partial charge is 0.418 e. The minimum atomic E-state index is -4.95. The molecule has 1 aliphatic rings. The normalized spacial score (nSPS) is 19.4. The molecular formula is C16H10F6N2O. The van der Waals surface area contributed by atoms with Crippen molar-refractivity contribution >= 4 is 5.69 Å². The first-order chi connectivity index (χ1) is 11.6. The first-order valence-electron chi connectivity index (χ1n) is 7.11. The summed E-state index contributed by atoms with van der Waals surface area (Å²) in [6, 6.07) is 3.09. The topological polar surface area (TPSA) is 29.5 Å². The predicted molar refractivity (Wildman–Crippen MR) is 75.2 cm³/mol. The van der Waals surface area contributed by atoms with Crippen LogP contribution < -0.4 is 0 Å². The van der Waals surface area contributed by atoms with Gasteiger partial charge in [-0.1, -0.05) is 0 Å². The summed E-state index contributed by atoms with van der Waals surface area (Å²) < 4.78 is 81.6. The van der Waals surface area contributed by atoms with E-state index in [9.17, 15) is 31.4 Å². The molecule has 0 saturated carbocycles. The van der Waals surface area contributed by atoms with Crippen LogP contribution in [0.1, 0.15) is 29.3 Å². The Hall–Kier alpha value is -2.47. The molecule has 0 saturated heterocycles. The summed E-state index contributed by atoms with van der Waals surface area (Å²) in [5.41, 5.74) is -2.76. The lowest BCUT2D eigenvalue weighted by Crippen LogP contribution is -2.33. The summed E-state index contributed by atoms with van der Waals surface area (Å²) in [7, 11) is 0. The third-order valence-electron chi connectivity index (χ3n) is 4.15. The second-order valence-corrected chi connectivity index (χ2v) is 5.68. The SMILES string of the molecule is [C-]#[N+]c1cc(-n2cc(C(F)(F)F)c3c2CCC(F)(F)C3O)ccc1F. The number of halogens is 6. The van der Waals surface area contributed by atoms with Crippen molar-refractivity contribution in [3.05, 3.63) is 58.5 Å². The minimum absolute atomic E-state index is 0.0246. The number of hydrogen-bond acceptors (Lipinski definition) is 1. The monoisotopic (exact) mass is 360 g/mol. The lowest BCUT2D eigenvalue weighted by atomic mass is 9.89. The number of rotatable bonds is 1. The van der Waals surface area contributed by atoms with Crippen molar-refractivity contribution in [3.63, 3.8) is 0 Å². The van der Waals surface area contributed by atoms with Gasteiger partial charge in [0.05, 0.1) is 12.1 Å². The average Bonchev–Trinajstić information content (AvgIpc) is 2.92. The van der Waals surface area contributed by atoms with Crippen molar-refractivity contribution in [2.75, 3.05) is 0 Å². The van der Waals surface area contributed by atoms with E-state index in [0.29, 0.717) is 6.20 Å². The quantitative estimate of drug-likeness (QED) is 0.575. The zero-order chi connectivity index (χ0) is 18.6. The van der Waals surface area contributed by atoms with Crippen LogP contribution in [-0.2, 0) is 12.6 Å². The molecule has 2 aromatic rings. The molecule has 25 heavy (non-hydrogen) atoms. The number of aromatic nitrogens is 1.